The normalized spacial score (nSPS) is 14.4. The Balaban J connectivity index is 2.15. The van der Waals surface area contributed by atoms with E-state index in [1.165, 1.54) is 0 Å². The van der Waals surface area contributed by atoms with Crippen molar-refractivity contribution in [2.24, 2.45) is 5.92 Å². The van der Waals surface area contributed by atoms with Gasteiger partial charge in [0.15, 0.2) is 0 Å². The number of hydrogen-bond acceptors (Lipinski definition) is 3. The predicted octanol–water partition coefficient (Wildman–Crippen LogP) is 1.79. The molecule has 0 bridgehead atoms. The molecule has 0 amide bonds. The van der Waals surface area contributed by atoms with Gasteiger partial charge >= 0.3 is 0 Å². The van der Waals surface area contributed by atoms with Gasteiger partial charge < -0.3 is 14.6 Å². The minimum atomic E-state index is -0.603. The van der Waals surface area contributed by atoms with Gasteiger partial charge in [0.2, 0.25) is 0 Å². The third-order valence-corrected chi connectivity index (χ3v) is 2.49. The van der Waals surface area contributed by atoms with Crippen LogP contribution in [0.15, 0.2) is 30.3 Å². The van der Waals surface area contributed by atoms with Gasteiger partial charge in [0.05, 0.1) is 12.7 Å². The highest BCUT2D eigenvalue weighted by molar-refractivity contribution is 5.53. The topological polar surface area (TPSA) is 46.5 Å². The Labute approximate surface area is 96.1 Å². The first-order chi connectivity index (χ1) is 7.74. The fourth-order valence-corrected chi connectivity index (χ4v) is 1.32. The second kappa shape index (κ2) is 7.14. The fraction of sp³-hybridized carbons (Fsp3) is 0.462. The van der Waals surface area contributed by atoms with Crippen molar-refractivity contribution < 1.29 is 14.6 Å². The van der Waals surface area contributed by atoms with Crippen molar-refractivity contribution in [2.45, 2.75) is 26.1 Å². The lowest BCUT2D eigenvalue weighted by Crippen LogP contribution is -2.20. The molecule has 0 heterocycles. The molecule has 0 spiro atoms. The van der Waals surface area contributed by atoms with Gasteiger partial charge in [-0.05, 0) is 12.0 Å². The van der Waals surface area contributed by atoms with Crippen molar-refractivity contribution in [1.82, 2.24) is 0 Å². The summed E-state index contributed by atoms with van der Waals surface area (Å²) in [5.41, 5.74) is 1.11. The van der Waals surface area contributed by atoms with Gasteiger partial charge in [-0.2, -0.15) is 0 Å². The molecule has 0 radical (unpaired) electrons. The SMILES string of the molecule is C[C@@H](C=O)[C@@H](O)CCOCc1ccccc1. The van der Waals surface area contributed by atoms with Crippen LogP contribution in [0, 0.1) is 5.92 Å². The fourth-order valence-electron chi connectivity index (χ4n) is 1.32. The number of ether oxygens (including phenoxy) is 1. The van der Waals surface area contributed by atoms with Gasteiger partial charge in [-0.3, -0.25) is 0 Å². The highest BCUT2D eigenvalue weighted by Crippen LogP contribution is 2.06. The van der Waals surface area contributed by atoms with Crippen LogP contribution in [0.1, 0.15) is 18.9 Å². The highest BCUT2D eigenvalue weighted by atomic mass is 16.5. The number of carbonyl (C=O) groups is 1. The Kier molecular flexibility index (Phi) is 5.75. The van der Waals surface area contributed by atoms with Crippen molar-refractivity contribution in [1.29, 1.82) is 0 Å². The van der Waals surface area contributed by atoms with Crippen molar-refractivity contribution >= 4 is 6.29 Å². The number of carbonyl (C=O) groups excluding carboxylic acids is 1. The van der Waals surface area contributed by atoms with Crippen LogP contribution in [-0.2, 0) is 16.1 Å². The Morgan fingerprint density at radius 3 is 2.69 bits per heavy atom. The van der Waals surface area contributed by atoms with Crippen LogP contribution in [-0.4, -0.2) is 24.1 Å². The molecule has 88 valence electrons. The van der Waals surface area contributed by atoms with Crippen LogP contribution in [0.25, 0.3) is 0 Å². The van der Waals surface area contributed by atoms with E-state index in [0.29, 0.717) is 19.6 Å². The summed E-state index contributed by atoms with van der Waals surface area (Å²) in [5.74, 6) is -0.319. The number of aliphatic hydroxyl groups excluding tert-OH is 1. The molecule has 1 aromatic carbocycles. The molecular weight excluding hydrogens is 204 g/mol. The lowest BCUT2D eigenvalue weighted by atomic mass is 10.0. The van der Waals surface area contributed by atoms with E-state index in [9.17, 15) is 9.90 Å². The summed E-state index contributed by atoms with van der Waals surface area (Å²) < 4.78 is 5.41. The van der Waals surface area contributed by atoms with Crippen LogP contribution >= 0.6 is 0 Å². The Hall–Kier alpha value is -1.19. The molecule has 16 heavy (non-hydrogen) atoms. The quantitative estimate of drug-likeness (QED) is 0.565. The second-order valence-corrected chi connectivity index (χ2v) is 3.89. The van der Waals surface area contributed by atoms with Gasteiger partial charge in [0.25, 0.3) is 0 Å². The van der Waals surface area contributed by atoms with Crippen LogP contribution < -0.4 is 0 Å². The minimum absolute atomic E-state index is 0.319. The summed E-state index contributed by atoms with van der Waals surface area (Å²) in [7, 11) is 0. The van der Waals surface area contributed by atoms with E-state index < -0.39 is 6.10 Å². The summed E-state index contributed by atoms with van der Waals surface area (Å²) in [6.07, 6.45) is 0.655. The average Bonchev–Trinajstić information content (AvgIpc) is 2.34. The maximum absolute atomic E-state index is 10.4. The first kappa shape index (κ1) is 12.9. The smallest absolute Gasteiger partial charge is 0.125 e. The molecule has 3 heteroatoms. The number of aldehydes is 1. The van der Waals surface area contributed by atoms with E-state index in [2.05, 4.69) is 0 Å². The van der Waals surface area contributed by atoms with E-state index >= 15 is 0 Å². The zero-order chi connectivity index (χ0) is 11.8. The Morgan fingerprint density at radius 2 is 2.06 bits per heavy atom. The molecule has 0 aliphatic heterocycles. The van der Waals surface area contributed by atoms with Gasteiger partial charge in [0, 0.05) is 12.5 Å². The van der Waals surface area contributed by atoms with E-state index in [0.717, 1.165) is 11.8 Å². The van der Waals surface area contributed by atoms with Gasteiger partial charge in [0.1, 0.15) is 6.29 Å². The largest absolute Gasteiger partial charge is 0.392 e. The number of aliphatic hydroxyl groups is 1. The van der Waals surface area contributed by atoms with Crippen molar-refractivity contribution in [2.75, 3.05) is 6.61 Å². The molecule has 0 fully saturated rings. The first-order valence-corrected chi connectivity index (χ1v) is 5.49. The third kappa shape index (κ3) is 4.55. The lowest BCUT2D eigenvalue weighted by Gasteiger charge is -2.13. The van der Waals surface area contributed by atoms with E-state index in [1.807, 2.05) is 30.3 Å². The van der Waals surface area contributed by atoms with Crippen molar-refractivity contribution in [3.63, 3.8) is 0 Å². The van der Waals surface area contributed by atoms with Crippen molar-refractivity contribution in [3.05, 3.63) is 35.9 Å². The van der Waals surface area contributed by atoms with E-state index in [4.69, 9.17) is 4.74 Å². The van der Waals surface area contributed by atoms with E-state index in [-0.39, 0.29) is 5.92 Å². The van der Waals surface area contributed by atoms with Crippen LogP contribution in [0.2, 0.25) is 0 Å². The highest BCUT2D eigenvalue weighted by Gasteiger charge is 2.12. The molecule has 0 saturated heterocycles. The molecule has 1 rings (SSSR count). The zero-order valence-corrected chi connectivity index (χ0v) is 9.50. The third-order valence-electron chi connectivity index (χ3n) is 2.49. The molecule has 1 aromatic rings. The summed E-state index contributed by atoms with van der Waals surface area (Å²) in [6.45, 7) is 2.71. The average molecular weight is 222 g/mol. The Morgan fingerprint density at radius 1 is 1.38 bits per heavy atom. The zero-order valence-electron chi connectivity index (χ0n) is 9.50. The molecular formula is C13H18O3. The Bertz CT molecular complexity index is 297. The van der Waals surface area contributed by atoms with Gasteiger partial charge in [-0.15, -0.1) is 0 Å². The minimum Gasteiger partial charge on any atom is -0.392 e. The van der Waals surface area contributed by atoms with Gasteiger partial charge in [-0.1, -0.05) is 37.3 Å². The number of hydrogen-bond donors (Lipinski definition) is 1. The summed E-state index contributed by atoms with van der Waals surface area (Å²) >= 11 is 0. The maximum atomic E-state index is 10.4. The molecule has 0 unspecified atom stereocenters. The van der Waals surface area contributed by atoms with Crippen LogP contribution in [0.4, 0.5) is 0 Å². The second-order valence-electron chi connectivity index (χ2n) is 3.89. The van der Waals surface area contributed by atoms with E-state index in [1.54, 1.807) is 6.92 Å². The standard InChI is InChI=1S/C13H18O3/c1-11(9-14)13(15)7-8-16-10-12-5-3-2-4-6-12/h2-6,9,11,13,15H,7-8,10H2,1H3/t11-,13-/m0/s1. The van der Waals surface area contributed by atoms with Gasteiger partial charge in [-0.25, -0.2) is 0 Å². The number of rotatable bonds is 7. The summed E-state index contributed by atoms with van der Waals surface area (Å²) in [4.78, 5) is 10.4. The first-order valence-electron chi connectivity index (χ1n) is 5.49. The maximum Gasteiger partial charge on any atom is 0.125 e. The van der Waals surface area contributed by atoms with Crippen LogP contribution in [0.3, 0.4) is 0 Å². The molecule has 0 aliphatic rings. The molecule has 2 atom stereocenters. The van der Waals surface area contributed by atoms with Crippen molar-refractivity contribution in [3.8, 4) is 0 Å². The predicted molar refractivity (Wildman–Crippen MR) is 61.9 cm³/mol. The van der Waals surface area contributed by atoms with Crippen LogP contribution in [0.5, 0.6) is 0 Å². The molecule has 1 N–H and O–H groups in total. The monoisotopic (exact) mass is 222 g/mol. The number of benzene rings is 1. The molecule has 3 nitrogen and oxygen atoms in total. The summed E-state index contributed by atoms with van der Waals surface area (Å²) in [6, 6.07) is 9.86. The lowest BCUT2D eigenvalue weighted by molar-refractivity contribution is -0.114. The molecule has 0 aromatic heterocycles. The molecule has 0 saturated carbocycles. The summed E-state index contributed by atoms with van der Waals surface area (Å²) in [5, 5.41) is 9.50. The molecule has 0 aliphatic carbocycles.